The highest BCUT2D eigenvalue weighted by atomic mass is 16.6. The lowest BCUT2D eigenvalue weighted by molar-refractivity contribution is -0.384. The van der Waals surface area contributed by atoms with Crippen molar-refractivity contribution in [1.82, 2.24) is 4.90 Å². The molecule has 1 aromatic carbocycles. The van der Waals surface area contributed by atoms with Gasteiger partial charge in [0.1, 0.15) is 0 Å². The van der Waals surface area contributed by atoms with Crippen LogP contribution in [-0.4, -0.2) is 27.5 Å². The summed E-state index contributed by atoms with van der Waals surface area (Å²) in [5, 5.41) is 10.9. The number of allylic oxidation sites excluding steroid dienone is 2. The fourth-order valence-electron chi connectivity index (χ4n) is 5.04. The largest absolute Gasteiger partial charge is 0.274 e. The van der Waals surface area contributed by atoms with Gasteiger partial charge in [0.15, 0.2) is 0 Å². The van der Waals surface area contributed by atoms with Gasteiger partial charge in [-0.1, -0.05) is 18.2 Å². The van der Waals surface area contributed by atoms with Crippen molar-refractivity contribution in [2.24, 2.45) is 35.5 Å². The summed E-state index contributed by atoms with van der Waals surface area (Å²) in [7, 11) is 0. The Hall–Kier alpha value is -2.83. The molecule has 0 spiro atoms. The number of hydrogen-bond acceptors (Lipinski definition) is 5. The minimum absolute atomic E-state index is 0.0139. The van der Waals surface area contributed by atoms with E-state index in [9.17, 15) is 24.5 Å². The maximum absolute atomic E-state index is 12.9. The van der Waals surface area contributed by atoms with Crippen LogP contribution in [-0.2, 0) is 9.59 Å². The number of rotatable bonds is 2. The Morgan fingerprint density at radius 2 is 1.68 bits per heavy atom. The molecule has 2 bridgehead atoms. The van der Waals surface area contributed by atoms with E-state index in [1.807, 2.05) is 12.2 Å². The Balaban J connectivity index is 1.51. The van der Waals surface area contributed by atoms with Crippen LogP contribution in [0.15, 0.2) is 36.4 Å². The minimum Gasteiger partial charge on any atom is -0.274 e. The number of nitro groups is 1. The normalized spacial score (nSPS) is 37.0. The van der Waals surface area contributed by atoms with E-state index in [4.69, 9.17) is 0 Å². The Morgan fingerprint density at radius 3 is 2.24 bits per heavy atom. The summed E-state index contributed by atoms with van der Waals surface area (Å²) in [4.78, 5) is 49.5. The van der Waals surface area contributed by atoms with E-state index in [2.05, 4.69) is 0 Å². The highest BCUT2D eigenvalue weighted by Gasteiger charge is 2.67. The van der Waals surface area contributed by atoms with Crippen LogP contribution in [0.2, 0.25) is 0 Å². The minimum atomic E-state index is -0.763. The van der Waals surface area contributed by atoms with Crippen molar-refractivity contribution >= 4 is 23.4 Å². The number of non-ortho nitro benzene ring substituents is 1. The van der Waals surface area contributed by atoms with Crippen molar-refractivity contribution in [2.75, 3.05) is 0 Å². The molecular weight excluding hydrogens is 324 g/mol. The molecule has 0 N–H and O–H groups in total. The summed E-state index contributed by atoms with van der Waals surface area (Å²) in [5.41, 5.74) is -0.259. The lowest BCUT2D eigenvalue weighted by Crippen LogP contribution is -2.40. The molecular formula is C18H14N2O5. The van der Waals surface area contributed by atoms with Gasteiger partial charge in [0, 0.05) is 17.7 Å². The summed E-state index contributed by atoms with van der Waals surface area (Å²) >= 11 is 0. The molecule has 3 amide bonds. The molecule has 25 heavy (non-hydrogen) atoms. The quantitative estimate of drug-likeness (QED) is 0.354. The van der Waals surface area contributed by atoms with Crippen LogP contribution in [0.3, 0.4) is 0 Å². The van der Waals surface area contributed by atoms with Crippen LogP contribution in [0.1, 0.15) is 16.8 Å². The van der Waals surface area contributed by atoms with Gasteiger partial charge < -0.3 is 0 Å². The SMILES string of the molecule is O=C(c1cccc([N+](=O)[O-])c1)N1C(=O)[C@@H]2[C@H]3C=C[C@@H]([C@@H]4C[C@@H]34)[C@@H]2C1=O. The van der Waals surface area contributed by atoms with Gasteiger partial charge in [-0.25, -0.2) is 4.90 Å². The average Bonchev–Trinajstić information content (AvgIpc) is 3.39. The number of carbonyl (C=O) groups excluding carboxylic acids is 3. The molecule has 6 rings (SSSR count). The van der Waals surface area contributed by atoms with Gasteiger partial charge in [-0.15, -0.1) is 0 Å². The number of nitro benzene ring substituents is 1. The Bertz CT molecular complexity index is 855. The third-order valence-electron chi connectivity index (χ3n) is 6.17. The summed E-state index contributed by atoms with van der Waals surface area (Å²) in [6.07, 6.45) is 5.12. The van der Waals surface area contributed by atoms with Crippen LogP contribution in [0, 0.1) is 45.6 Å². The molecule has 0 radical (unpaired) electrons. The number of benzene rings is 1. The molecule has 1 saturated heterocycles. The Labute approximate surface area is 142 Å². The third-order valence-corrected chi connectivity index (χ3v) is 6.17. The predicted molar refractivity (Wildman–Crippen MR) is 84.0 cm³/mol. The second kappa shape index (κ2) is 4.62. The van der Waals surface area contributed by atoms with E-state index in [-0.39, 0.29) is 23.1 Å². The van der Waals surface area contributed by atoms with Crippen LogP contribution >= 0.6 is 0 Å². The van der Waals surface area contributed by atoms with Crippen molar-refractivity contribution in [3.63, 3.8) is 0 Å². The van der Waals surface area contributed by atoms with Crippen LogP contribution < -0.4 is 0 Å². The fraction of sp³-hybridized carbons (Fsp3) is 0.389. The van der Waals surface area contributed by atoms with E-state index in [0.717, 1.165) is 17.4 Å². The lowest BCUT2D eigenvalue weighted by atomic mass is 9.63. The van der Waals surface area contributed by atoms with Gasteiger partial charge in [-0.3, -0.25) is 24.5 Å². The first kappa shape index (κ1) is 14.5. The second-order valence-electron chi connectivity index (χ2n) is 7.28. The Kier molecular flexibility index (Phi) is 2.68. The molecule has 1 aromatic rings. The lowest BCUT2D eigenvalue weighted by Gasteiger charge is -2.37. The number of nitrogens with zero attached hydrogens (tertiary/aromatic N) is 2. The van der Waals surface area contributed by atoms with Gasteiger partial charge in [0.2, 0.25) is 11.8 Å². The molecule has 7 nitrogen and oxygen atoms in total. The highest BCUT2D eigenvalue weighted by Crippen LogP contribution is 2.65. The second-order valence-corrected chi connectivity index (χ2v) is 7.28. The smallest absolute Gasteiger partial charge is 0.270 e. The summed E-state index contributed by atoms with van der Waals surface area (Å²) in [6, 6.07) is 5.14. The maximum Gasteiger partial charge on any atom is 0.270 e. The molecule has 2 saturated carbocycles. The van der Waals surface area contributed by atoms with Crippen molar-refractivity contribution in [3.8, 4) is 0 Å². The van der Waals surface area contributed by atoms with Crippen molar-refractivity contribution in [1.29, 1.82) is 0 Å². The molecule has 126 valence electrons. The molecule has 5 aliphatic rings. The standard InChI is InChI=1S/C18H14N2O5/c21-16(8-2-1-3-9(6-8)20(24)25)19-17(22)14-10-4-5-11(13-7-12(10)13)15(14)18(19)23/h1-6,10-15H,7H2/t10-,11-,12-,13-,14-,15+/m0/s1. The molecule has 7 heteroatoms. The monoisotopic (exact) mass is 338 g/mol. The zero-order chi connectivity index (χ0) is 17.5. The molecule has 1 aliphatic heterocycles. The Morgan fingerprint density at radius 1 is 1.08 bits per heavy atom. The number of hydrogen-bond donors (Lipinski definition) is 0. The maximum atomic E-state index is 12.9. The average molecular weight is 338 g/mol. The third kappa shape index (κ3) is 1.78. The number of likely N-dealkylation sites (tertiary alicyclic amines) is 1. The van der Waals surface area contributed by atoms with Crippen LogP contribution in [0.4, 0.5) is 5.69 Å². The summed E-state index contributed by atoms with van der Waals surface area (Å²) in [6.45, 7) is 0. The molecule has 0 unspecified atom stereocenters. The van der Waals surface area contributed by atoms with E-state index < -0.39 is 34.5 Å². The van der Waals surface area contributed by atoms with Gasteiger partial charge in [0.25, 0.3) is 11.6 Å². The number of amides is 3. The molecule has 0 aromatic heterocycles. The fourth-order valence-corrected chi connectivity index (χ4v) is 5.04. The number of imide groups is 3. The number of carbonyl (C=O) groups is 3. The van der Waals surface area contributed by atoms with Crippen molar-refractivity contribution < 1.29 is 19.3 Å². The molecule has 3 fully saturated rings. The van der Waals surface area contributed by atoms with E-state index >= 15 is 0 Å². The molecule has 6 atom stereocenters. The van der Waals surface area contributed by atoms with E-state index in [1.54, 1.807) is 0 Å². The zero-order valence-corrected chi connectivity index (χ0v) is 13.1. The first-order valence-corrected chi connectivity index (χ1v) is 8.34. The van der Waals surface area contributed by atoms with Gasteiger partial charge in [-0.05, 0) is 36.2 Å². The summed E-state index contributed by atoms with van der Waals surface area (Å²) in [5.74, 6) is -1.56. The van der Waals surface area contributed by atoms with Crippen molar-refractivity contribution in [3.05, 3.63) is 52.1 Å². The summed E-state index contributed by atoms with van der Waals surface area (Å²) < 4.78 is 0. The van der Waals surface area contributed by atoms with Gasteiger partial charge in [0.05, 0.1) is 16.8 Å². The van der Waals surface area contributed by atoms with Crippen molar-refractivity contribution in [2.45, 2.75) is 6.42 Å². The highest BCUT2D eigenvalue weighted by molar-refractivity contribution is 6.21. The van der Waals surface area contributed by atoms with Gasteiger partial charge in [-0.2, -0.15) is 0 Å². The predicted octanol–water partition coefficient (Wildman–Crippen LogP) is 1.79. The van der Waals surface area contributed by atoms with E-state index in [1.165, 1.54) is 18.2 Å². The zero-order valence-electron chi connectivity index (χ0n) is 13.1. The topological polar surface area (TPSA) is 97.6 Å². The van der Waals surface area contributed by atoms with Crippen LogP contribution in [0.25, 0.3) is 0 Å². The molecule has 4 aliphatic carbocycles. The van der Waals surface area contributed by atoms with Crippen LogP contribution in [0.5, 0.6) is 0 Å². The first-order valence-electron chi connectivity index (χ1n) is 8.34. The van der Waals surface area contributed by atoms with E-state index in [0.29, 0.717) is 11.8 Å². The van der Waals surface area contributed by atoms with Gasteiger partial charge >= 0.3 is 0 Å². The first-order chi connectivity index (χ1) is 12.0. The molecule has 1 heterocycles.